The molecule has 0 aliphatic carbocycles. The van der Waals surface area contributed by atoms with Gasteiger partial charge in [-0.05, 0) is 35.7 Å². The van der Waals surface area contributed by atoms with Crippen LogP contribution in [-0.2, 0) is 0 Å². The van der Waals surface area contributed by atoms with Gasteiger partial charge in [0.2, 0.25) is 0 Å². The number of H-pyrrole nitrogens is 1. The molecular weight excluding hydrogens is 380 g/mol. The molecular formula is C23H26N4O3. The van der Waals surface area contributed by atoms with Crippen LogP contribution in [0.5, 0.6) is 11.5 Å². The highest BCUT2D eigenvalue weighted by Gasteiger charge is 2.36. The molecule has 0 saturated carbocycles. The summed E-state index contributed by atoms with van der Waals surface area (Å²) in [6.45, 7) is 4.46. The van der Waals surface area contributed by atoms with E-state index in [-0.39, 0.29) is 30.1 Å². The predicted octanol–water partition coefficient (Wildman–Crippen LogP) is 4.54. The van der Waals surface area contributed by atoms with E-state index in [0.717, 1.165) is 16.6 Å². The summed E-state index contributed by atoms with van der Waals surface area (Å²) in [5.41, 5.74) is 3.11. The highest BCUT2D eigenvalue weighted by Crippen LogP contribution is 2.39. The zero-order valence-electron chi connectivity index (χ0n) is 17.6. The van der Waals surface area contributed by atoms with Crippen LogP contribution in [0.15, 0.2) is 48.2 Å². The topological polar surface area (TPSA) is 94.5 Å². The third kappa shape index (κ3) is 3.26. The lowest BCUT2D eigenvalue weighted by atomic mass is 9.94. The van der Waals surface area contributed by atoms with Crippen molar-refractivity contribution in [3.8, 4) is 11.5 Å². The van der Waals surface area contributed by atoms with Crippen LogP contribution >= 0.6 is 0 Å². The van der Waals surface area contributed by atoms with E-state index in [4.69, 9.17) is 14.9 Å². The van der Waals surface area contributed by atoms with Gasteiger partial charge >= 0.3 is 0 Å². The third-order valence-corrected chi connectivity index (χ3v) is 5.48. The first kappa shape index (κ1) is 19.8. The van der Waals surface area contributed by atoms with Crippen LogP contribution in [0.1, 0.15) is 31.3 Å². The molecule has 156 valence electrons. The summed E-state index contributed by atoms with van der Waals surface area (Å²) < 4.78 is 10.8. The second-order valence-corrected chi connectivity index (χ2v) is 7.70. The van der Waals surface area contributed by atoms with Crippen molar-refractivity contribution in [2.24, 2.45) is 5.92 Å². The molecule has 30 heavy (non-hydrogen) atoms. The standard InChI is InChI=1S/C23H26N4O3/c1-13(2)21(14-9-10-18(29-3)19(11-14)30-4)27-12-17(28)20(22(27)24)23-25-15-7-5-6-8-16(15)26-23/h5-11,13,21,24,28H,12H2,1-4H3,(H,25,26). The number of aromatic amines is 1. The number of imidazole rings is 1. The Labute approximate surface area is 175 Å². The lowest BCUT2D eigenvalue weighted by Gasteiger charge is -2.33. The number of aliphatic hydroxyl groups is 1. The normalized spacial score (nSPS) is 15.4. The highest BCUT2D eigenvalue weighted by molar-refractivity contribution is 6.23. The Morgan fingerprint density at radius 2 is 1.83 bits per heavy atom. The van der Waals surface area contributed by atoms with Gasteiger partial charge in [0.15, 0.2) is 11.5 Å². The van der Waals surface area contributed by atoms with E-state index in [9.17, 15) is 5.11 Å². The Hall–Kier alpha value is -3.48. The van der Waals surface area contributed by atoms with Crippen molar-refractivity contribution in [1.29, 1.82) is 5.41 Å². The average Bonchev–Trinajstić information content (AvgIpc) is 3.27. The average molecular weight is 406 g/mol. The maximum atomic E-state index is 10.8. The molecule has 2 heterocycles. The highest BCUT2D eigenvalue weighted by atomic mass is 16.5. The summed E-state index contributed by atoms with van der Waals surface area (Å²) in [5.74, 6) is 2.39. The van der Waals surface area contributed by atoms with Crippen LogP contribution in [0, 0.1) is 11.3 Å². The monoisotopic (exact) mass is 406 g/mol. The molecule has 3 N–H and O–H groups in total. The number of nitrogens with one attached hydrogen (secondary N) is 2. The minimum Gasteiger partial charge on any atom is -0.510 e. The zero-order valence-corrected chi connectivity index (χ0v) is 17.6. The third-order valence-electron chi connectivity index (χ3n) is 5.48. The molecule has 4 rings (SSSR count). The molecule has 2 aromatic carbocycles. The van der Waals surface area contributed by atoms with Crippen LogP contribution in [0.3, 0.4) is 0 Å². The van der Waals surface area contributed by atoms with Crippen molar-refractivity contribution in [3.05, 3.63) is 59.6 Å². The van der Waals surface area contributed by atoms with E-state index in [1.54, 1.807) is 14.2 Å². The Morgan fingerprint density at radius 1 is 1.10 bits per heavy atom. The number of amidine groups is 1. The smallest absolute Gasteiger partial charge is 0.161 e. The largest absolute Gasteiger partial charge is 0.510 e. The second-order valence-electron chi connectivity index (χ2n) is 7.70. The molecule has 1 aliphatic heterocycles. The van der Waals surface area contributed by atoms with Crippen molar-refractivity contribution < 1.29 is 14.6 Å². The van der Waals surface area contributed by atoms with Gasteiger partial charge in [-0.1, -0.05) is 32.0 Å². The number of hydrogen-bond acceptors (Lipinski definition) is 5. The fraction of sp³-hybridized carbons (Fsp3) is 0.304. The van der Waals surface area contributed by atoms with E-state index in [2.05, 4.69) is 23.8 Å². The summed E-state index contributed by atoms with van der Waals surface area (Å²) in [6, 6.07) is 13.3. The number of aliphatic hydroxyl groups excluding tert-OH is 1. The van der Waals surface area contributed by atoms with E-state index in [0.29, 0.717) is 22.9 Å². The quantitative estimate of drug-likeness (QED) is 0.559. The van der Waals surface area contributed by atoms with Gasteiger partial charge < -0.3 is 24.5 Å². The molecule has 0 bridgehead atoms. The fourth-order valence-electron chi connectivity index (χ4n) is 4.12. The minimum atomic E-state index is -0.124. The van der Waals surface area contributed by atoms with E-state index < -0.39 is 0 Å². The van der Waals surface area contributed by atoms with E-state index in [1.807, 2.05) is 47.4 Å². The summed E-state index contributed by atoms with van der Waals surface area (Å²) in [7, 11) is 3.21. The number of fused-ring (bicyclic) bond motifs is 1. The zero-order chi connectivity index (χ0) is 21.4. The summed E-state index contributed by atoms with van der Waals surface area (Å²) in [5, 5.41) is 19.6. The number of hydrogen-bond donors (Lipinski definition) is 3. The van der Waals surface area contributed by atoms with E-state index in [1.165, 1.54) is 0 Å². The van der Waals surface area contributed by atoms with Crippen molar-refractivity contribution in [2.45, 2.75) is 19.9 Å². The maximum Gasteiger partial charge on any atom is 0.161 e. The van der Waals surface area contributed by atoms with Crippen molar-refractivity contribution >= 4 is 22.4 Å². The molecule has 1 unspecified atom stereocenters. The van der Waals surface area contributed by atoms with Gasteiger partial charge in [-0.15, -0.1) is 0 Å². The molecule has 0 radical (unpaired) electrons. The molecule has 3 aromatic rings. The Morgan fingerprint density at radius 3 is 2.50 bits per heavy atom. The number of benzene rings is 2. The minimum absolute atomic E-state index is 0.124. The van der Waals surface area contributed by atoms with Crippen LogP contribution < -0.4 is 9.47 Å². The molecule has 1 aromatic heterocycles. The maximum absolute atomic E-state index is 10.8. The number of ether oxygens (including phenoxy) is 2. The number of nitrogens with zero attached hydrogens (tertiary/aromatic N) is 2. The van der Waals surface area contributed by atoms with Gasteiger partial charge in [-0.3, -0.25) is 5.41 Å². The molecule has 0 amide bonds. The molecule has 1 atom stereocenters. The first-order chi connectivity index (χ1) is 14.4. The van der Waals surface area contributed by atoms with Gasteiger partial charge in [0.25, 0.3) is 0 Å². The molecule has 7 heteroatoms. The van der Waals surface area contributed by atoms with Crippen molar-refractivity contribution in [2.75, 3.05) is 20.8 Å². The first-order valence-electron chi connectivity index (χ1n) is 9.89. The first-order valence-corrected chi connectivity index (χ1v) is 9.89. The van der Waals surface area contributed by atoms with Crippen LogP contribution in [0.2, 0.25) is 0 Å². The fourth-order valence-corrected chi connectivity index (χ4v) is 4.12. The molecule has 7 nitrogen and oxygen atoms in total. The molecule has 0 fully saturated rings. The summed E-state index contributed by atoms with van der Waals surface area (Å²) in [6.07, 6.45) is 0. The lowest BCUT2D eigenvalue weighted by molar-refractivity contribution is 0.247. The van der Waals surface area contributed by atoms with Crippen molar-refractivity contribution in [1.82, 2.24) is 14.9 Å². The van der Waals surface area contributed by atoms with Gasteiger partial charge in [0.05, 0.1) is 43.4 Å². The lowest BCUT2D eigenvalue weighted by Crippen LogP contribution is -2.34. The Bertz CT molecular complexity index is 1100. The molecule has 0 saturated heterocycles. The second kappa shape index (κ2) is 7.74. The van der Waals surface area contributed by atoms with Crippen molar-refractivity contribution in [3.63, 3.8) is 0 Å². The number of para-hydroxylation sites is 2. The Balaban J connectivity index is 1.70. The summed E-state index contributed by atoms with van der Waals surface area (Å²) >= 11 is 0. The number of aromatic nitrogens is 2. The predicted molar refractivity (Wildman–Crippen MR) is 117 cm³/mol. The van der Waals surface area contributed by atoms with Gasteiger partial charge in [-0.25, -0.2) is 4.98 Å². The van der Waals surface area contributed by atoms with Crippen LogP contribution in [0.25, 0.3) is 16.6 Å². The number of methoxy groups -OCH3 is 2. The molecule has 0 spiro atoms. The van der Waals surface area contributed by atoms with Gasteiger partial charge in [-0.2, -0.15) is 0 Å². The number of rotatable bonds is 6. The summed E-state index contributed by atoms with van der Waals surface area (Å²) in [4.78, 5) is 9.71. The van der Waals surface area contributed by atoms with Crippen LogP contribution in [0.4, 0.5) is 0 Å². The Kier molecular flexibility index (Phi) is 5.11. The van der Waals surface area contributed by atoms with Gasteiger partial charge in [0, 0.05) is 0 Å². The molecule has 1 aliphatic rings. The SMILES string of the molecule is COc1ccc(C(C(C)C)N2CC(O)=C(c3nc4ccccc4[nH]3)C2=N)cc1OC. The van der Waals surface area contributed by atoms with Crippen LogP contribution in [-0.4, -0.2) is 46.6 Å². The van der Waals surface area contributed by atoms with Gasteiger partial charge in [0.1, 0.15) is 17.4 Å². The van der Waals surface area contributed by atoms with E-state index >= 15 is 0 Å².